The number of piperidine rings is 1. The maximum Gasteiger partial charge on any atom is 0.322 e. The van der Waals surface area contributed by atoms with E-state index in [1.165, 1.54) is 0 Å². The summed E-state index contributed by atoms with van der Waals surface area (Å²) in [6, 6.07) is 4.03. The first kappa shape index (κ1) is 16.7. The third kappa shape index (κ3) is 1.87. The predicted molar refractivity (Wildman–Crippen MR) is 93.6 cm³/mol. The zero-order valence-electron chi connectivity index (χ0n) is 14.9. The minimum absolute atomic E-state index is 0.138. The summed E-state index contributed by atoms with van der Waals surface area (Å²) in [5.74, 6) is 0.0940. The molecule has 1 aromatic rings. The standard InChI is InChI=1S/C19H21N3O5/c1-27-10-2-3-11-12(8-10)17-6-7-20-14(13(11)23)19(17,26)5-4-18(9-17)15(24)21-16(25)22-18/h2-3,8,14,20,26H,4-7,9H2,1H3,(H2,21,22,24,25)/t14-,17-,18+,19-/m1/s1. The Kier molecular flexibility index (Phi) is 3.14. The predicted octanol–water partition coefficient (Wildman–Crippen LogP) is -0.0156. The third-order valence-corrected chi connectivity index (χ3v) is 7.03. The van der Waals surface area contributed by atoms with Crippen molar-refractivity contribution in [3.05, 3.63) is 29.3 Å². The van der Waals surface area contributed by atoms with Crippen LogP contribution in [0.1, 0.15) is 41.6 Å². The number of aliphatic hydroxyl groups is 1. The molecular formula is C19H21N3O5. The van der Waals surface area contributed by atoms with E-state index in [1.54, 1.807) is 25.3 Å². The number of carbonyl (C=O) groups is 3. The highest BCUT2D eigenvalue weighted by molar-refractivity contribution is 6.08. The SMILES string of the molecule is COc1ccc2c(c1)[C@]13CCN[C@H](C2=O)[C@]1(O)CC[C@@]1(C3)NC(=O)NC1=O. The van der Waals surface area contributed by atoms with E-state index in [2.05, 4.69) is 16.0 Å². The molecule has 2 bridgehead atoms. The van der Waals surface area contributed by atoms with Crippen LogP contribution in [0.4, 0.5) is 4.79 Å². The molecule has 4 aliphatic rings. The normalized spacial score (nSPS) is 39.5. The van der Waals surface area contributed by atoms with Crippen molar-refractivity contribution >= 4 is 17.7 Å². The van der Waals surface area contributed by atoms with Gasteiger partial charge in [-0.15, -0.1) is 0 Å². The molecule has 2 heterocycles. The third-order valence-electron chi connectivity index (χ3n) is 7.03. The largest absolute Gasteiger partial charge is 0.497 e. The van der Waals surface area contributed by atoms with Crippen molar-refractivity contribution in [2.45, 2.75) is 48.3 Å². The van der Waals surface area contributed by atoms with Gasteiger partial charge in [0.15, 0.2) is 5.78 Å². The van der Waals surface area contributed by atoms with E-state index in [0.717, 1.165) is 0 Å². The summed E-state index contributed by atoms with van der Waals surface area (Å²) in [4.78, 5) is 37.6. The highest BCUT2D eigenvalue weighted by Crippen LogP contribution is 2.59. The number of ketones is 1. The van der Waals surface area contributed by atoms with Crippen molar-refractivity contribution < 1.29 is 24.2 Å². The number of rotatable bonds is 1. The van der Waals surface area contributed by atoms with Crippen molar-refractivity contribution in [3.63, 3.8) is 0 Å². The summed E-state index contributed by atoms with van der Waals surface area (Å²) in [5, 5.41) is 20.1. The molecule has 0 radical (unpaired) electrons. The smallest absolute Gasteiger partial charge is 0.322 e. The number of carbonyl (C=O) groups excluding carboxylic acids is 3. The van der Waals surface area contributed by atoms with Crippen LogP contribution in [0.15, 0.2) is 18.2 Å². The van der Waals surface area contributed by atoms with Gasteiger partial charge in [0.05, 0.1) is 12.7 Å². The molecule has 0 aromatic heterocycles. The summed E-state index contributed by atoms with van der Waals surface area (Å²) in [7, 11) is 1.55. The molecule has 8 heteroatoms. The van der Waals surface area contributed by atoms with Crippen LogP contribution in [-0.2, 0) is 10.2 Å². The summed E-state index contributed by atoms with van der Waals surface area (Å²) in [6.45, 7) is 0.543. The lowest BCUT2D eigenvalue weighted by atomic mass is 9.47. The lowest BCUT2D eigenvalue weighted by molar-refractivity contribution is -0.144. The molecule has 2 aliphatic carbocycles. The van der Waals surface area contributed by atoms with Gasteiger partial charge in [0.25, 0.3) is 5.91 Å². The van der Waals surface area contributed by atoms with Crippen LogP contribution in [0, 0.1) is 0 Å². The number of amides is 3. The topological polar surface area (TPSA) is 117 Å². The Morgan fingerprint density at radius 1 is 1.19 bits per heavy atom. The fourth-order valence-electron chi connectivity index (χ4n) is 5.74. The Morgan fingerprint density at radius 3 is 2.70 bits per heavy atom. The number of hydrogen-bond donors (Lipinski definition) is 4. The number of fused-ring (bicyclic) bond motifs is 1. The van der Waals surface area contributed by atoms with E-state index in [-0.39, 0.29) is 31.0 Å². The molecule has 5 rings (SSSR count). The fraction of sp³-hybridized carbons (Fsp3) is 0.526. The van der Waals surface area contributed by atoms with Crippen LogP contribution in [0.3, 0.4) is 0 Å². The lowest BCUT2D eigenvalue weighted by Gasteiger charge is -2.62. The first-order chi connectivity index (χ1) is 12.9. The second kappa shape index (κ2) is 5.08. The van der Waals surface area contributed by atoms with Crippen molar-refractivity contribution in [1.29, 1.82) is 0 Å². The number of hydrogen-bond acceptors (Lipinski definition) is 6. The van der Waals surface area contributed by atoms with Gasteiger partial charge in [-0.1, -0.05) is 0 Å². The fourth-order valence-corrected chi connectivity index (χ4v) is 5.74. The van der Waals surface area contributed by atoms with E-state index in [9.17, 15) is 19.5 Å². The van der Waals surface area contributed by atoms with Crippen LogP contribution >= 0.6 is 0 Å². The highest BCUT2D eigenvalue weighted by Gasteiger charge is 2.70. The van der Waals surface area contributed by atoms with Gasteiger partial charge in [-0.3, -0.25) is 14.9 Å². The van der Waals surface area contributed by atoms with Gasteiger partial charge in [0.1, 0.15) is 17.3 Å². The van der Waals surface area contributed by atoms with Crippen molar-refractivity contribution in [2.75, 3.05) is 13.7 Å². The number of nitrogens with one attached hydrogen (secondary N) is 3. The zero-order valence-corrected chi connectivity index (χ0v) is 14.9. The van der Waals surface area contributed by atoms with Gasteiger partial charge in [0, 0.05) is 11.0 Å². The summed E-state index contributed by atoms with van der Waals surface area (Å²) in [5.41, 5.74) is -1.96. The first-order valence-corrected chi connectivity index (χ1v) is 9.17. The molecule has 3 fully saturated rings. The van der Waals surface area contributed by atoms with Crippen molar-refractivity contribution in [3.8, 4) is 5.75 Å². The van der Waals surface area contributed by atoms with E-state index >= 15 is 0 Å². The van der Waals surface area contributed by atoms with Gasteiger partial charge < -0.3 is 20.5 Å². The molecule has 1 aromatic carbocycles. The number of urea groups is 1. The number of methoxy groups -OCH3 is 1. The second-order valence-corrected chi connectivity index (χ2v) is 8.09. The molecule has 142 valence electrons. The number of ether oxygens (including phenoxy) is 1. The molecule has 2 saturated heterocycles. The van der Waals surface area contributed by atoms with E-state index in [0.29, 0.717) is 29.8 Å². The number of imide groups is 1. The highest BCUT2D eigenvalue weighted by atomic mass is 16.5. The van der Waals surface area contributed by atoms with Crippen molar-refractivity contribution in [1.82, 2.24) is 16.0 Å². The van der Waals surface area contributed by atoms with Crippen LogP contribution in [0.2, 0.25) is 0 Å². The van der Waals surface area contributed by atoms with Crippen molar-refractivity contribution in [2.24, 2.45) is 0 Å². The Morgan fingerprint density at radius 2 is 2.00 bits per heavy atom. The Labute approximate surface area is 155 Å². The van der Waals surface area contributed by atoms with Gasteiger partial charge in [-0.25, -0.2) is 4.79 Å². The van der Waals surface area contributed by atoms with Gasteiger partial charge in [-0.05, 0) is 56.0 Å². The van der Waals surface area contributed by atoms with E-state index in [1.807, 2.05) is 0 Å². The van der Waals surface area contributed by atoms with Crippen LogP contribution < -0.4 is 20.7 Å². The van der Waals surface area contributed by atoms with E-state index in [4.69, 9.17) is 4.74 Å². The monoisotopic (exact) mass is 371 g/mol. The molecule has 4 atom stereocenters. The Balaban J connectivity index is 1.74. The first-order valence-electron chi connectivity index (χ1n) is 9.17. The summed E-state index contributed by atoms with van der Waals surface area (Å²) >= 11 is 0. The van der Waals surface area contributed by atoms with Crippen LogP contribution in [0.25, 0.3) is 0 Å². The lowest BCUT2D eigenvalue weighted by Crippen LogP contribution is -2.77. The zero-order chi connectivity index (χ0) is 19.0. The quantitative estimate of drug-likeness (QED) is 0.516. The van der Waals surface area contributed by atoms with Crippen LogP contribution in [-0.4, -0.2) is 53.7 Å². The second-order valence-electron chi connectivity index (χ2n) is 8.09. The van der Waals surface area contributed by atoms with Gasteiger partial charge >= 0.3 is 6.03 Å². The summed E-state index contributed by atoms with van der Waals surface area (Å²) < 4.78 is 5.36. The average Bonchev–Trinajstić information content (AvgIpc) is 2.92. The summed E-state index contributed by atoms with van der Waals surface area (Å²) in [6.07, 6.45) is 1.33. The Bertz CT molecular complexity index is 901. The van der Waals surface area contributed by atoms with Crippen LogP contribution in [0.5, 0.6) is 5.75 Å². The maximum atomic E-state index is 13.1. The Hall–Kier alpha value is -2.45. The molecule has 0 unspecified atom stereocenters. The average molecular weight is 371 g/mol. The molecule has 2 aliphatic heterocycles. The molecule has 1 saturated carbocycles. The molecular weight excluding hydrogens is 350 g/mol. The molecule has 4 N–H and O–H groups in total. The molecule has 8 nitrogen and oxygen atoms in total. The molecule has 3 amide bonds. The molecule has 27 heavy (non-hydrogen) atoms. The number of benzene rings is 1. The maximum absolute atomic E-state index is 13.1. The number of Topliss-reactive ketones (excluding diaryl/α,β-unsaturated/α-hetero) is 1. The molecule has 1 spiro atoms. The van der Waals surface area contributed by atoms with E-state index < -0.39 is 28.6 Å². The minimum Gasteiger partial charge on any atom is -0.497 e. The minimum atomic E-state index is -1.32. The van der Waals surface area contributed by atoms with Gasteiger partial charge in [0.2, 0.25) is 0 Å². The van der Waals surface area contributed by atoms with Gasteiger partial charge in [-0.2, -0.15) is 0 Å².